The van der Waals surface area contributed by atoms with Gasteiger partial charge in [0.25, 0.3) is 0 Å². The third-order valence-corrected chi connectivity index (χ3v) is 5.41. The number of rotatable bonds is 6. The van der Waals surface area contributed by atoms with Gasteiger partial charge in [0, 0.05) is 25.2 Å². The van der Waals surface area contributed by atoms with E-state index in [9.17, 15) is 0 Å². The molecular weight excluding hydrogens is 292 g/mol. The smallest absolute Gasteiger partial charge is 0.0226 e. The lowest BCUT2D eigenvalue weighted by molar-refractivity contribution is 0.0495. The van der Waals surface area contributed by atoms with Gasteiger partial charge in [-0.2, -0.15) is 0 Å². The normalized spacial score (nSPS) is 22.6. The molecule has 1 saturated heterocycles. The van der Waals surface area contributed by atoms with Crippen molar-refractivity contribution in [1.82, 2.24) is 9.80 Å². The van der Waals surface area contributed by atoms with Crippen molar-refractivity contribution < 1.29 is 0 Å². The second kappa shape index (κ2) is 8.46. The number of hydrogen-bond donors (Lipinski definition) is 0. The molecule has 1 heterocycles. The number of benzene rings is 2. The highest BCUT2D eigenvalue weighted by Gasteiger charge is 2.29. The molecule has 128 valence electrons. The number of aryl methyl sites for hydroxylation is 2. The zero-order valence-corrected chi connectivity index (χ0v) is 15.1. The number of piperazine rings is 1. The van der Waals surface area contributed by atoms with Crippen molar-refractivity contribution in [3.63, 3.8) is 0 Å². The third kappa shape index (κ3) is 4.68. The van der Waals surface area contributed by atoms with E-state index in [1.165, 1.54) is 49.9 Å². The highest BCUT2D eigenvalue weighted by Crippen LogP contribution is 2.21. The van der Waals surface area contributed by atoms with Crippen molar-refractivity contribution >= 4 is 0 Å². The van der Waals surface area contributed by atoms with Crippen LogP contribution in [0.15, 0.2) is 60.7 Å². The van der Waals surface area contributed by atoms with Crippen molar-refractivity contribution in [2.45, 2.75) is 37.8 Å². The summed E-state index contributed by atoms with van der Waals surface area (Å²) in [6.07, 6.45) is 4.84. The second-order valence-corrected chi connectivity index (χ2v) is 7.24. The molecule has 0 spiro atoms. The molecule has 2 atom stereocenters. The summed E-state index contributed by atoms with van der Waals surface area (Å²) in [4.78, 5) is 5.16. The largest absolute Gasteiger partial charge is 0.303 e. The molecule has 2 nitrogen and oxygen atoms in total. The molecule has 3 rings (SSSR count). The third-order valence-electron chi connectivity index (χ3n) is 5.41. The van der Waals surface area contributed by atoms with Crippen LogP contribution in [0.4, 0.5) is 0 Å². The van der Waals surface area contributed by atoms with Crippen LogP contribution in [0.5, 0.6) is 0 Å². The van der Waals surface area contributed by atoms with Crippen molar-refractivity contribution in [3.05, 3.63) is 71.8 Å². The van der Waals surface area contributed by atoms with Crippen molar-refractivity contribution in [2.24, 2.45) is 0 Å². The van der Waals surface area contributed by atoms with E-state index in [0.717, 1.165) is 0 Å². The Morgan fingerprint density at radius 1 is 0.708 bits per heavy atom. The van der Waals surface area contributed by atoms with E-state index < -0.39 is 0 Å². The van der Waals surface area contributed by atoms with Crippen LogP contribution < -0.4 is 0 Å². The quantitative estimate of drug-likeness (QED) is 0.797. The molecule has 0 aromatic heterocycles. The first-order chi connectivity index (χ1) is 11.7. The van der Waals surface area contributed by atoms with Gasteiger partial charge < -0.3 is 4.90 Å². The second-order valence-electron chi connectivity index (χ2n) is 7.24. The van der Waals surface area contributed by atoms with E-state index in [4.69, 9.17) is 0 Å². The summed E-state index contributed by atoms with van der Waals surface area (Å²) >= 11 is 0. The van der Waals surface area contributed by atoms with E-state index in [1.807, 2.05) is 0 Å². The van der Waals surface area contributed by atoms with E-state index in [0.29, 0.717) is 12.1 Å². The fourth-order valence-electron chi connectivity index (χ4n) is 3.90. The van der Waals surface area contributed by atoms with Gasteiger partial charge in [-0.15, -0.1) is 0 Å². The average Bonchev–Trinajstić information content (AvgIpc) is 2.62. The molecule has 0 saturated carbocycles. The van der Waals surface area contributed by atoms with Crippen LogP contribution in [-0.4, -0.2) is 49.1 Å². The first-order valence-corrected chi connectivity index (χ1v) is 9.20. The standard InChI is InChI=1S/C22H30N2/c1-23-17-21(15-13-19-9-5-3-6-10-19)24(2)22(18-23)16-14-20-11-7-4-8-12-20/h3-12,21-22H,13-18H2,1-2H3/t21-,22+. The van der Waals surface area contributed by atoms with Gasteiger partial charge in [0.2, 0.25) is 0 Å². The molecule has 0 radical (unpaired) electrons. The maximum Gasteiger partial charge on any atom is 0.0226 e. The summed E-state index contributed by atoms with van der Waals surface area (Å²) in [6.45, 7) is 2.37. The van der Waals surface area contributed by atoms with Gasteiger partial charge in [0.15, 0.2) is 0 Å². The molecule has 2 aromatic rings. The molecular formula is C22H30N2. The highest BCUT2D eigenvalue weighted by atomic mass is 15.3. The molecule has 2 aromatic carbocycles. The van der Waals surface area contributed by atoms with Gasteiger partial charge in [-0.1, -0.05) is 60.7 Å². The van der Waals surface area contributed by atoms with Gasteiger partial charge in [0.05, 0.1) is 0 Å². The summed E-state index contributed by atoms with van der Waals surface area (Å²) in [5, 5.41) is 0. The Morgan fingerprint density at radius 2 is 1.12 bits per heavy atom. The topological polar surface area (TPSA) is 6.48 Å². The van der Waals surface area contributed by atoms with E-state index >= 15 is 0 Å². The molecule has 0 aliphatic carbocycles. The van der Waals surface area contributed by atoms with Gasteiger partial charge in [0.1, 0.15) is 0 Å². The minimum Gasteiger partial charge on any atom is -0.303 e. The molecule has 24 heavy (non-hydrogen) atoms. The Labute approximate surface area is 147 Å². The van der Waals surface area contributed by atoms with Crippen LogP contribution in [0.1, 0.15) is 24.0 Å². The molecule has 1 fully saturated rings. The molecule has 0 amide bonds. The molecule has 0 unspecified atom stereocenters. The molecule has 1 aliphatic rings. The van der Waals surface area contributed by atoms with Crippen molar-refractivity contribution in [1.29, 1.82) is 0 Å². The van der Waals surface area contributed by atoms with Gasteiger partial charge >= 0.3 is 0 Å². The maximum atomic E-state index is 2.64. The molecule has 0 bridgehead atoms. The lowest BCUT2D eigenvalue weighted by Gasteiger charge is -2.44. The summed E-state index contributed by atoms with van der Waals surface area (Å²) < 4.78 is 0. The summed E-state index contributed by atoms with van der Waals surface area (Å²) in [7, 11) is 4.61. The lowest BCUT2D eigenvalue weighted by Crippen LogP contribution is -2.56. The monoisotopic (exact) mass is 322 g/mol. The predicted molar refractivity (Wildman–Crippen MR) is 102 cm³/mol. The summed E-state index contributed by atoms with van der Waals surface area (Å²) in [5.41, 5.74) is 2.92. The van der Waals surface area contributed by atoms with Crippen LogP contribution in [0.25, 0.3) is 0 Å². The van der Waals surface area contributed by atoms with Crippen LogP contribution in [-0.2, 0) is 12.8 Å². The number of hydrogen-bond acceptors (Lipinski definition) is 2. The SMILES string of the molecule is CN1C[C@@H](CCc2ccccc2)N(C)[C@@H](CCc2ccccc2)C1. The molecule has 2 heteroatoms. The Kier molecular flexibility index (Phi) is 6.06. The van der Waals surface area contributed by atoms with Gasteiger partial charge in [-0.25, -0.2) is 0 Å². The predicted octanol–water partition coefficient (Wildman–Crippen LogP) is 3.87. The highest BCUT2D eigenvalue weighted by molar-refractivity contribution is 5.16. The number of nitrogens with zero attached hydrogens (tertiary/aromatic N) is 2. The lowest BCUT2D eigenvalue weighted by atomic mass is 9.96. The van der Waals surface area contributed by atoms with E-state index in [1.54, 1.807) is 0 Å². The van der Waals surface area contributed by atoms with Crippen molar-refractivity contribution in [2.75, 3.05) is 27.2 Å². The maximum absolute atomic E-state index is 2.64. The van der Waals surface area contributed by atoms with Gasteiger partial charge in [-0.3, -0.25) is 4.90 Å². The molecule has 1 aliphatic heterocycles. The van der Waals surface area contributed by atoms with E-state index in [-0.39, 0.29) is 0 Å². The Morgan fingerprint density at radius 3 is 1.54 bits per heavy atom. The zero-order chi connectivity index (χ0) is 16.8. The van der Waals surface area contributed by atoms with Crippen LogP contribution in [0.2, 0.25) is 0 Å². The Balaban J connectivity index is 1.55. The van der Waals surface area contributed by atoms with Crippen LogP contribution in [0.3, 0.4) is 0 Å². The van der Waals surface area contributed by atoms with E-state index in [2.05, 4.69) is 84.6 Å². The minimum atomic E-state index is 0.657. The minimum absolute atomic E-state index is 0.657. The van der Waals surface area contributed by atoms with Crippen molar-refractivity contribution in [3.8, 4) is 0 Å². The average molecular weight is 322 g/mol. The van der Waals surface area contributed by atoms with Crippen LogP contribution >= 0.6 is 0 Å². The molecule has 0 N–H and O–H groups in total. The Bertz CT molecular complexity index is 542. The zero-order valence-electron chi connectivity index (χ0n) is 15.1. The Hall–Kier alpha value is -1.64. The fourth-order valence-corrected chi connectivity index (χ4v) is 3.90. The number of likely N-dealkylation sites (N-methyl/N-ethyl adjacent to an activating group) is 2. The van der Waals surface area contributed by atoms with Crippen LogP contribution in [0, 0.1) is 0 Å². The first-order valence-electron chi connectivity index (χ1n) is 9.20. The first kappa shape index (κ1) is 17.2. The van der Waals surface area contributed by atoms with Gasteiger partial charge in [-0.05, 0) is 50.9 Å². The summed E-state index contributed by atoms with van der Waals surface area (Å²) in [6, 6.07) is 23.1. The summed E-state index contributed by atoms with van der Waals surface area (Å²) in [5.74, 6) is 0. The fraction of sp³-hybridized carbons (Fsp3) is 0.455.